The van der Waals surface area contributed by atoms with Gasteiger partial charge in [0.25, 0.3) is 5.91 Å². The smallest absolute Gasteiger partial charge is 0.251 e. The molecule has 0 aliphatic carbocycles. The second kappa shape index (κ2) is 6.60. The average molecular weight is 313 g/mol. The van der Waals surface area contributed by atoms with Crippen molar-refractivity contribution in [3.05, 3.63) is 53.1 Å². The highest BCUT2D eigenvalue weighted by atomic mass is 16.7. The van der Waals surface area contributed by atoms with Crippen LogP contribution in [0.3, 0.4) is 0 Å². The molecule has 5 nitrogen and oxygen atoms in total. The van der Waals surface area contributed by atoms with Gasteiger partial charge in [0.05, 0.1) is 6.54 Å². The van der Waals surface area contributed by atoms with Crippen LogP contribution in [-0.4, -0.2) is 25.9 Å². The van der Waals surface area contributed by atoms with Crippen molar-refractivity contribution in [2.75, 3.05) is 19.9 Å². The van der Waals surface area contributed by atoms with E-state index in [-0.39, 0.29) is 12.7 Å². The predicted molar refractivity (Wildman–Crippen MR) is 86.3 cm³/mol. The molecular formula is C18H19NO4. The zero-order valence-electron chi connectivity index (χ0n) is 13.2. The maximum absolute atomic E-state index is 12.1. The summed E-state index contributed by atoms with van der Waals surface area (Å²) in [6.07, 6.45) is 0. The van der Waals surface area contributed by atoms with Gasteiger partial charge in [0.15, 0.2) is 11.5 Å². The van der Waals surface area contributed by atoms with E-state index in [0.717, 1.165) is 5.75 Å². The Morgan fingerprint density at radius 3 is 2.74 bits per heavy atom. The molecule has 0 unspecified atom stereocenters. The number of amides is 1. The SMILES string of the molecule is Cc1ccc(OCCNC(=O)c2ccc3c(c2)OCO3)cc1C. The molecule has 1 aliphatic rings. The average Bonchev–Trinajstić information content (AvgIpc) is 3.02. The highest BCUT2D eigenvalue weighted by Crippen LogP contribution is 2.32. The van der Waals surface area contributed by atoms with Crippen LogP contribution in [0.1, 0.15) is 21.5 Å². The fourth-order valence-corrected chi connectivity index (χ4v) is 2.28. The highest BCUT2D eigenvalue weighted by molar-refractivity contribution is 5.94. The molecule has 23 heavy (non-hydrogen) atoms. The number of carbonyl (C=O) groups excluding carboxylic acids is 1. The summed E-state index contributed by atoms with van der Waals surface area (Å²) in [7, 11) is 0. The molecule has 2 aromatic rings. The lowest BCUT2D eigenvalue weighted by Gasteiger charge is -2.09. The Kier molecular flexibility index (Phi) is 4.37. The first-order valence-corrected chi connectivity index (χ1v) is 7.51. The summed E-state index contributed by atoms with van der Waals surface area (Å²) in [5, 5.41) is 2.83. The summed E-state index contributed by atoms with van der Waals surface area (Å²) in [6, 6.07) is 11.1. The molecule has 5 heteroatoms. The molecule has 1 amide bonds. The van der Waals surface area contributed by atoms with E-state index < -0.39 is 0 Å². The molecule has 0 radical (unpaired) electrons. The molecule has 1 aliphatic heterocycles. The number of hydrogen-bond donors (Lipinski definition) is 1. The summed E-state index contributed by atoms with van der Waals surface area (Å²) < 4.78 is 16.1. The van der Waals surface area contributed by atoms with Gasteiger partial charge >= 0.3 is 0 Å². The molecule has 1 N–H and O–H groups in total. The Morgan fingerprint density at radius 2 is 1.91 bits per heavy atom. The molecule has 1 heterocycles. The van der Waals surface area contributed by atoms with Crippen LogP contribution in [0, 0.1) is 13.8 Å². The van der Waals surface area contributed by atoms with E-state index in [1.165, 1.54) is 11.1 Å². The van der Waals surface area contributed by atoms with Gasteiger partial charge in [0.2, 0.25) is 6.79 Å². The maximum atomic E-state index is 12.1. The van der Waals surface area contributed by atoms with Crippen LogP contribution in [0.4, 0.5) is 0 Å². The predicted octanol–water partition coefficient (Wildman–Crippen LogP) is 2.84. The lowest BCUT2D eigenvalue weighted by atomic mass is 10.1. The maximum Gasteiger partial charge on any atom is 0.251 e. The fourth-order valence-electron chi connectivity index (χ4n) is 2.28. The zero-order chi connectivity index (χ0) is 16.2. The molecule has 120 valence electrons. The van der Waals surface area contributed by atoms with Crippen molar-refractivity contribution >= 4 is 5.91 Å². The zero-order valence-corrected chi connectivity index (χ0v) is 13.2. The minimum atomic E-state index is -0.160. The number of nitrogens with one attached hydrogen (secondary N) is 1. The van der Waals surface area contributed by atoms with Gasteiger partial charge < -0.3 is 19.5 Å². The Morgan fingerprint density at radius 1 is 1.09 bits per heavy atom. The van der Waals surface area contributed by atoms with E-state index in [2.05, 4.69) is 12.2 Å². The number of aryl methyl sites for hydroxylation is 2. The van der Waals surface area contributed by atoms with Gasteiger partial charge in [-0.3, -0.25) is 4.79 Å². The summed E-state index contributed by atoms with van der Waals surface area (Å²) in [6.45, 7) is 5.15. The molecule has 0 bridgehead atoms. The normalized spacial score (nSPS) is 12.1. The monoisotopic (exact) mass is 313 g/mol. The van der Waals surface area contributed by atoms with Crippen LogP contribution < -0.4 is 19.5 Å². The van der Waals surface area contributed by atoms with Crippen molar-refractivity contribution in [2.24, 2.45) is 0 Å². The van der Waals surface area contributed by atoms with Gasteiger partial charge in [0.1, 0.15) is 12.4 Å². The fraction of sp³-hybridized carbons (Fsp3) is 0.278. The van der Waals surface area contributed by atoms with Gasteiger partial charge in [-0.1, -0.05) is 6.07 Å². The molecule has 0 fully saturated rings. The third-order valence-corrected chi connectivity index (χ3v) is 3.77. The van der Waals surface area contributed by atoms with Gasteiger partial charge in [-0.2, -0.15) is 0 Å². The lowest BCUT2D eigenvalue weighted by molar-refractivity contribution is 0.0946. The van der Waals surface area contributed by atoms with Crippen molar-refractivity contribution in [1.82, 2.24) is 5.32 Å². The Bertz CT molecular complexity index is 727. The largest absolute Gasteiger partial charge is 0.492 e. The standard InChI is InChI=1S/C18H19NO4/c1-12-3-5-15(9-13(12)2)21-8-7-19-18(20)14-4-6-16-17(10-14)23-11-22-16/h3-6,9-10H,7-8,11H2,1-2H3,(H,19,20). The second-order valence-corrected chi connectivity index (χ2v) is 5.42. The molecule has 0 spiro atoms. The van der Waals surface area contributed by atoms with Crippen molar-refractivity contribution in [3.8, 4) is 17.2 Å². The van der Waals surface area contributed by atoms with Crippen LogP contribution in [0.2, 0.25) is 0 Å². The van der Waals surface area contributed by atoms with E-state index in [1.54, 1.807) is 18.2 Å². The minimum Gasteiger partial charge on any atom is -0.492 e. The summed E-state index contributed by atoms with van der Waals surface area (Å²) >= 11 is 0. The van der Waals surface area contributed by atoms with Crippen molar-refractivity contribution in [3.63, 3.8) is 0 Å². The third kappa shape index (κ3) is 3.56. The van der Waals surface area contributed by atoms with E-state index >= 15 is 0 Å². The topological polar surface area (TPSA) is 56.8 Å². The quantitative estimate of drug-likeness (QED) is 0.862. The number of ether oxygens (including phenoxy) is 3. The summed E-state index contributed by atoms with van der Waals surface area (Å²) in [4.78, 5) is 12.1. The molecule has 0 saturated carbocycles. The van der Waals surface area contributed by atoms with E-state index in [1.807, 2.05) is 25.1 Å². The number of carbonyl (C=O) groups is 1. The van der Waals surface area contributed by atoms with Gasteiger partial charge in [-0.15, -0.1) is 0 Å². The highest BCUT2D eigenvalue weighted by Gasteiger charge is 2.15. The molecule has 0 saturated heterocycles. The number of hydrogen-bond acceptors (Lipinski definition) is 4. The molecular weight excluding hydrogens is 294 g/mol. The first-order chi connectivity index (χ1) is 11.1. The van der Waals surface area contributed by atoms with E-state index in [9.17, 15) is 4.79 Å². The van der Waals surface area contributed by atoms with Gasteiger partial charge in [0, 0.05) is 5.56 Å². The lowest BCUT2D eigenvalue weighted by Crippen LogP contribution is -2.28. The van der Waals surface area contributed by atoms with Gasteiger partial charge in [-0.05, 0) is 55.3 Å². The molecule has 3 rings (SSSR count). The Labute approximate surface area is 135 Å². The van der Waals surface area contributed by atoms with E-state index in [0.29, 0.717) is 30.2 Å². The molecule has 0 atom stereocenters. The first-order valence-electron chi connectivity index (χ1n) is 7.51. The van der Waals surface area contributed by atoms with Crippen LogP contribution in [0.25, 0.3) is 0 Å². The van der Waals surface area contributed by atoms with Crippen molar-refractivity contribution in [2.45, 2.75) is 13.8 Å². The van der Waals surface area contributed by atoms with Crippen LogP contribution in [0.5, 0.6) is 17.2 Å². The minimum absolute atomic E-state index is 0.160. The number of benzene rings is 2. The van der Waals surface area contributed by atoms with Crippen molar-refractivity contribution in [1.29, 1.82) is 0 Å². The van der Waals surface area contributed by atoms with Crippen LogP contribution >= 0.6 is 0 Å². The van der Waals surface area contributed by atoms with Crippen LogP contribution in [0.15, 0.2) is 36.4 Å². The Balaban J connectivity index is 1.48. The second-order valence-electron chi connectivity index (χ2n) is 5.42. The Hall–Kier alpha value is -2.69. The molecule has 0 aromatic heterocycles. The summed E-state index contributed by atoms with van der Waals surface area (Å²) in [5.74, 6) is 1.92. The van der Waals surface area contributed by atoms with Gasteiger partial charge in [-0.25, -0.2) is 0 Å². The summed E-state index contributed by atoms with van der Waals surface area (Å²) in [5.41, 5.74) is 2.96. The first kappa shape index (κ1) is 15.2. The number of rotatable bonds is 5. The van der Waals surface area contributed by atoms with Crippen molar-refractivity contribution < 1.29 is 19.0 Å². The number of fused-ring (bicyclic) bond motifs is 1. The van der Waals surface area contributed by atoms with Crippen LogP contribution in [-0.2, 0) is 0 Å². The third-order valence-electron chi connectivity index (χ3n) is 3.77. The van der Waals surface area contributed by atoms with E-state index in [4.69, 9.17) is 14.2 Å². The molecule has 2 aromatic carbocycles.